The predicted molar refractivity (Wildman–Crippen MR) is 111 cm³/mol. The Labute approximate surface area is 167 Å². The average Bonchev–Trinajstić information content (AvgIpc) is 3.10. The van der Waals surface area contributed by atoms with Crippen molar-refractivity contribution in [1.82, 2.24) is 9.78 Å². The zero-order chi connectivity index (χ0) is 17.6. The Morgan fingerprint density at radius 2 is 1.92 bits per heavy atom. The van der Waals surface area contributed by atoms with Crippen molar-refractivity contribution in [1.29, 1.82) is 0 Å². The highest BCUT2D eigenvalue weighted by Gasteiger charge is 2.04. The monoisotopic (exact) mass is 467 g/mol. The van der Waals surface area contributed by atoms with Gasteiger partial charge in [-0.25, -0.2) is 14.1 Å². The highest BCUT2D eigenvalue weighted by molar-refractivity contribution is 14.0. The van der Waals surface area contributed by atoms with E-state index in [0.717, 1.165) is 17.1 Å². The van der Waals surface area contributed by atoms with Gasteiger partial charge in [0.1, 0.15) is 11.6 Å². The molecule has 0 saturated heterocycles. The van der Waals surface area contributed by atoms with Crippen LogP contribution < -0.4 is 15.8 Å². The van der Waals surface area contributed by atoms with Crippen molar-refractivity contribution >= 4 is 35.6 Å². The molecule has 0 spiro atoms. The minimum atomic E-state index is -0.282. The third kappa shape index (κ3) is 4.94. The Morgan fingerprint density at radius 3 is 2.65 bits per heavy atom. The number of nitrogens with one attached hydrogen (secondary N) is 1. The molecule has 3 rings (SSSR count). The molecular weight excluding hydrogens is 448 g/mol. The summed E-state index contributed by atoms with van der Waals surface area (Å²) in [7, 11) is 1.59. The van der Waals surface area contributed by atoms with Crippen LogP contribution in [0.4, 0.5) is 10.1 Å². The van der Waals surface area contributed by atoms with E-state index in [2.05, 4.69) is 15.4 Å². The summed E-state index contributed by atoms with van der Waals surface area (Å²) >= 11 is 0. The van der Waals surface area contributed by atoms with Crippen molar-refractivity contribution in [2.75, 3.05) is 12.4 Å². The van der Waals surface area contributed by atoms with Gasteiger partial charge in [-0.3, -0.25) is 0 Å². The Balaban J connectivity index is 0.00000243. The van der Waals surface area contributed by atoms with Crippen LogP contribution in [0.5, 0.6) is 5.75 Å². The first-order valence-corrected chi connectivity index (χ1v) is 7.66. The first-order valence-electron chi connectivity index (χ1n) is 7.66. The predicted octanol–water partition coefficient (Wildman–Crippen LogP) is 3.56. The number of anilines is 1. The van der Waals surface area contributed by atoms with Gasteiger partial charge in [-0.05, 0) is 42.5 Å². The lowest BCUT2D eigenvalue weighted by atomic mass is 10.3. The Hall–Kier alpha value is -2.62. The molecule has 0 bridgehead atoms. The largest absolute Gasteiger partial charge is 0.495 e. The molecule has 0 unspecified atom stereocenters. The van der Waals surface area contributed by atoms with Crippen molar-refractivity contribution < 1.29 is 9.13 Å². The number of ether oxygens (including phenoxy) is 1. The molecule has 8 heteroatoms. The molecule has 2 aromatic carbocycles. The van der Waals surface area contributed by atoms with E-state index in [9.17, 15) is 4.39 Å². The van der Waals surface area contributed by atoms with E-state index < -0.39 is 0 Å². The molecule has 3 aromatic rings. The summed E-state index contributed by atoms with van der Waals surface area (Å²) in [6, 6.07) is 15.4. The Morgan fingerprint density at radius 1 is 1.19 bits per heavy atom. The number of aliphatic imine (C=N–C) groups is 1. The molecule has 26 heavy (non-hydrogen) atoms. The molecule has 136 valence electrons. The van der Waals surface area contributed by atoms with Crippen molar-refractivity contribution in [3.05, 3.63) is 72.3 Å². The summed E-state index contributed by atoms with van der Waals surface area (Å²) in [4.78, 5) is 4.28. The first-order chi connectivity index (χ1) is 12.2. The fourth-order valence-corrected chi connectivity index (χ4v) is 2.28. The number of rotatable bonds is 5. The SMILES string of the molecule is COc1ccccc1NC(N)=NCc1ccn(-c2ccc(F)cc2)n1.I. The van der Waals surface area contributed by atoms with E-state index in [1.54, 1.807) is 30.1 Å². The summed E-state index contributed by atoms with van der Waals surface area (Å²) in [5, 5.41) is 7.40. The molecule has 0 atom stereocenters. The Bertz CT molecular complexity index is 879. The van der Waals surface area contributed by atoms with E-state index in [1.807, 2.05) is 30.3 Å². The smallest absolute Gasteiger partial charge is 0.193 e. The molecule has 1 heterocycles. The second kappa shape index (κ2) is 9.18. The van der Waals surface area contributed by atoms with Crippen LogP contribution in [0.2, 0.25) is 0 Å². The molecule has 0 amide bonds. The van der Waals surface area contributed by atoms with Crippen LogP contribution in [0.3, 0.4) is 0 Å². The van der Waals surface area contributed by atoms with Gasteiger partial charge in [-0.1, -0.05) is 12.1 Å². The lowest BCUT2D eigenvalue weighted by Crippen LogP contribution is -2.23. The quantitative estimate of drug-likeness (QED) is 0.342. The number of halogens is 2. The van der Waals surface area contributed by atoms with Gasteiger partial charge in [0.05, 0.1) is 30.7 Å². The van der Waals surface area contributed by atoms with E-state index in [1.165, 1.54) is 12.1 Å². The topological polar surface area (TPSA) is 77.5 Å². The summed E-state index contributed by atoms with van der Waals surface area (Å²) in [5.74, 6) is 0.665. The number of para-hydroxylation sites is 2. The van der Waals surface area contributed by atoms with Crippen LogP contribution in [0.1, 0.15) is 5.69 Å². The zero-order valence-corrected chi connectivity index (χ0v) is 16.4. The maximum atomic E-state index is 13.0. The Kier molecular flexibility index (Phi) is 6.96. The minimum Gasteiger partial charge on any atom is -0.495 e. The van der Waals surface area contributed by atoms with E-state index in [4.69, 9.17) is 10.5 Å². The highest BCUT2D eigenvalue weighted by atomic mass is 127. The molecular formula is C18H19FIN5O. The van der Waals surface area contributed by atoms with Crippen LogP contribution in [-0.4, -0.2) is 22.8 Å². The average molecular weight is 467 g/mol. The number of aromatic nitrogens is 2. The fourth-order valence-electron chi connectivity index (χ4n) is 2.28. The third-order valence-corrected chi connectivity index (χ3v) is 3.52. The molecule has 3 N–H and O–H groups in total. The van der Waals surface area contributed by atoms with E-state index in [-0.39, 0.29) is 35.8 Å². The van der Waals surface area contributed by atoms with Gasteiger partial charge in [-0.2, -0.15) is 5.10 Å². The van der Waals surface area contributed by atoms with Gasteiger partial charge in [0.15, 0.2) is 5.96 Å². The zero-order valence-electron chi connectivity index (χ0n) is 14.1. The van der Waals surface area contributed by atoms with Gasteiger partial charge < -0.3 is 15.8 Å². The molecule has 0 aliphatic rings. The number of hydrogen-bond donors (Lipinski definition) is 2. The summed E-state index contributed by atoms with van der Waals surface area (Å²) in [5.41, 5.74) is 8.18. The maximum absolute atomic E-state index is 13.0. The van der Waals surface area contributed by atoms with Crippen molar-refractivity contribution in [2.45, 2.75) is 6.54 Å². The van der Waals surface area contributed by atoms with Crippen molar-refractivity contribution in [2.24, 2.45) is 10.7 Å². The van der Waals surface area contributed by atoms with Gasteiger partial charge >= 0.3 is 0 Å². The molecule has 1 aromatic heterocycles. The number of methoxy groups -OCH3 is 1. The van der Waals surface area contributed by atoms with Gasteiger partial charge in [0.2, 0.25) is 0 Å². The maximum Gasteiger partial charge on any atom is 0.193 e. The summed E-state index contributed by atoms with van der Waals surface area (Å²) in [6.45, 7) is 0.322. The summed E-state index contributed by atoms with van der Waals surface area (Å²) in [6.07, 6.45) is 1.79. The third-order valence-electron chi connectivity index (χ3n) is 3.52. The van der Waals surface area contributed by atoms with Crippen LogP contribution >= 0.6 is 24.0 Å². The lowest BCUT2D eigenvalue weighted by molar-refractivity contribution is 0.417. The minimum absolute atomic E-state index is 0. The molecule has 0 aliphatic carbocycles. The molecule has 6 nitrogen and oxygen atoms in total. The van der Waals surface area contributed by atoms with Crippen LogP contribution in [0, 0.1) is 5.82 Å². The normalized spacial score (nSPS) is 10.9. The highest BCUT2D eigenvalue weighted by Crippen LogP contribution is 2.22. The number of nitrogens with two attached hydrogens (primary N) is 1. The van der Waals surface area contributed by atoms with Gasteiger partial charge in [0.25, 0.3) is 0 Å². The second-order valence-electron chi connectivity index (χ2n) is 5.25. The number of hydrogen-bond acceptors (Lipinski definition) is 3. The molecule has 0 saturated carbocycles. The van der Waals surface area contributed by atoms with Gasteiger partial charge in [-0.15, -0.1) is 24.0 Å². The molecule has 0 aliphatic heterocycles. The van der Waals surface area contributed by atoms with Gasteiger partial charge in [0, 0.05) is 6.20 Å². The number of guanidine groups is 1. The molecule has 0 radical (unpaired) electrons. The van der Waals surface area contributed by atoms with Crippen molar-refractivity contribution in [3.63, 3.8) is 0 Å². The lowest BCUT2D eigenvalue weighted by Gasteiger charge is -2.09. The first kappa shape index (κ1) is 19.7. The fraction of sp³-hybridized carbons (Fsp3) is 0.111. The van der Waals surface area contributed by atoms with E-state index >= 15 is 0 Å². The van der Waals surface area contributed by atoms with Crippen LogP contribution in [0.15, 0.2) is 65.8 Å². The van der Waals surface area contributed by atoms with Crippen LogP contribution in [0.25, 0.3) is 5.69 Å². The van der Waals surface area contributed by atoms with Crippen LogP contribution in [-0.2, 0) is 6.54 Å². The number of nitrogens with zero attached hydrogens (tertiary/aromatic N) is 3. The van der Waals surface area contributed by atoms with E-state index in [0.29, 0.717) is 12.3 Å². The van der Waals surface area contributed by atoms with Crippen molar-refractivity contribution in [3.8, 4) is 11.4 Å². The standard InChI is InChI=1S/C18H18FN5O.HI/c1-25-17-5-3-2-4-16(17)22-18(20)21-12-14-10-11-24(23-14)15-8-6-13(19)7-9-15;/h2-11H,12H2,1H3,(H3,20,21,22);1H. The summed E-state index contributed by atoms with van der Waals surface area (Å²) < 4.78 is 19.9. The number of benzene rings is 2. The second-order valence-corrected chi connectivity index (χ2v) is 5.25. The molecule has 0 fully saturated rings.